The second-order valence-corrected chi connectivity index (χ2v) is 5.40. The smallest absolute Gasteiger partial charge is 0.0834 e. The van der Waals surface area contributed by atoms with Crippen LogP contribution in [0.4, 0.5) is 0 Å². The SMILES string of the molecule is CC(C)n1ncc(Cl)c1C(CCc1ccccn1)NN. The molecule has 0 aliphatic rings. The van der Waals surface area contributed by atoms with E-state index in [1.807, 2.05) is 22.9 Å². The zero-order valence-corrected chi connectivity index (χ0v) is 12.5. The van der Waals surface area contributed by atoms with E-state index in [-0.39, 0.29) is 12.1 Å². The number of hydrogen-bond donors (Lipinski definition) is 2. The van der Waals surface area contributed by atoms with E-state index in [4.69, 9.17) is 17.4 Å². The molecular formula is C14H20ClN5. The number of aryl methyl sites for hydroxylation is 1. The van der Waals surface area contributed by atoms with Gasteiger partial charge in [-0.25, -0.2) is 0 Å². The Morgan fingerprint density at radius 3 is 2.80 bits per heavy atom. The summed E-state index contributed by atoms with van der Waals surface area (Å²) < 4.78 is 1.91. The summed E-state index contributed by atoms with van der Waals surface area (Å²) in [5.74, 6) is 5.70. The van der Waals surface area contributed by atoms with Gasteiger partial charge in [-0.2, -0.15) is 5.10 Å². The number of hydrazine groups is 1. The number of rotatable bonds is 6. The molecule has 0 amide bonds. The number of nitrogens with one attached hydrogen (secondary N) is 1. The summed E-state index contributed by atoms with van der Waals surface area (Å²) in [6.45, 7) is 4.14. The standard InChI is InChI=1S/C14H20ClN5/c1-10(2)20-14(12(15)9-18-20)13(19-16)7-6-11-5-3-4-8-17-11/h3-5,8-10,13,19H,6-7,16H2,1-2H3. The molecule has 0 bridgehead atoms. The lowest BCUT2D eigenvalue weighted by Gasteiger charge is -2.20. The van der Waals surface area contributed by atoms with Crippen molar-refractivity contribution >= 4 is 11.6 Å². The van der Waals surface area contributed by atoms with Crippen molar-refractivity contribution in [2.45, 2.75) is 38.8 Å². The molecule has 1 unspecified atom stereocenters. The second-order valence-electron chi connectivity index (χ2n) is 5.00. The molecular weight excluding hydrogens is 274 g/mol. The van der Waals surface area contributed by atoms with Crippen LogP contribution in [0.5, 0.6) is 0 Å². The molecule has 0 fully saturated rings. The Balaban J connectivity index is 2.14. The van der Waals surface area contributed by atoms with Crippen LogP contribution in [-0.2, 0) is 6.42 Å². The fourth-order valence-electron chi connectivity index (χ4n) is 2.23. The first kappa shape index (κ1) is 15.0. The van der Waals surface area contributed by atoms with Gasteiger partial charge in [0.1, 0.15) is 0 Å². The van der Waals surface area contributed by atoms with Crippen molar-refractivity contribution in [3.05, 3.63) is 47.0 Å². The lowest BCUT2D eigenvalue weighted by molar-refractivity contribution is 0.432. The van der Waals surface area contributed by atoms with Crippen molar-refractivity contribution in [1.29, 1.82) is 0 Å². The van der Waals surface area contributed by atoms with Crippen LogP contribution in [0.2, 0.25) is 5.02 Å². The lowest BCUT2D eigenvalue weighted by Crippen LogP contribution is -2.31. The molecule has 2 aromatic heterocycles. The van der Waals surface area contributed by atoms with Crippen molar-refractivity contribution in [1.82, 2.24) is 20.2 Å². The third kappa shape index (κ3) is 3.36. The molecule has 0 saturated heterocycles. The monoisotopic (exact) mass is 293 g/mol. The Morgan fingerprint density at radius 2 is 2.20 bits per heavy atom. The molecule has 0 saturated carbocycles. The average molecular weight is 294 g/mol. The summed E-state index contributed by atoms with van der Waals surface area (Å²) in [4.78, 5) is 4.32. The highest BCUT2D eigenvalue weighted by Crippen LogP contribution is 2.27. The number of aromatic nitrogens is 3. The van der Waals surface area contributed by atoms with Crippen LogP contribution >= 0.6 is 11.6 Å². The number of nitrogens with two attached hydrogens (primary N) is 1. The molecule has 3 N–H and O–H groups in total. The van der Waals surface area contributed by atoms with Crippen LogP contribution in [0.3, 0.4) is 0 Å². The predicted molar refractivity (Wildman–Crippen MR) is 80.2 cm³/mol. The minimum Gasteiger partial charge on any atom is -0.271 e. The maximum absolute atomic E-state index is 6.25. The highest BCUT2D eigenvalue weighted by atomic mass is 35.5. The van der Waals surface area contributed by atoms with Gasteiger partial charge in [0.15, 0.2) is 0 Å². The zero-order chi connectivity index (χ0) is 14.5. The minimum absolute atomic E-state index is 0.0468. The van der Waals surface area contributed by atoms with Crippen LogP contribution in [0.1, 0.15) is 43.7 Å². The lowest BCUT2D eigenvalue weighted by atomic mass is 10.1. The van der Waals surface area contributed by atoms with Gasteiger partial charge in [0.25, 0.3) is 0 Å². The number of halogens is 1. The van der Waals surface area contributed by atoms with Crippen molar-refractivity contribution in [3.63, 3.8) is 0 Å². The molecule has 5 nitrogen and oxygen atoms in total. The van der Waals surface area contributed by atoms with Gasteiger partial charge < -0.3 is 0 Å². The number of nitrogens with zero attached hydrogens (tertiary/aromatic N) is 3. The fourth-order valence-corrected chi connectivity index (χ4v) is 2.49. The fraction of sp³-hybridized carbons (Fsp3) is 0.429. The Bertz CT molecular complexity index is 538. The third-order valence-corrected chi connectivity index (χ3v) is 3.51. The van der Waals surface area contributed by atoms with Gasteiger partial charge in [-0.3, -0.25) is 20.9 Å². The molecule has 108 valence electrons. The van der Waals surface area contributed by atoms with Crippen molar-refractivity contribution in [2.24, 2.45) is 5.84 Å². The summed E-state index contributed by atoms with van der Waals surface area (Å²) in [6, 6.07) is 6.10. The van der Waals surface area contributed by atoms with Gasteiger partial charge >= 0.3 is 0 Å². The summed E-state index contributed by atoms with van der Waals surface area (Å²) >= 11 is 6.25. The zero-order valence-electron chi connectivity index (χ0n) is 11.8. The van der Waals surface area contributed by atoms with Crippen LogP contribution in [0, 0.1) is 0 Å². The van der Waals surface area contributed by atoms with Gasteiger partial charge in [0, 0.05) is 17.9 Å². The molecule has 20 heavy (non-hydrogen) atoms. The van der Waals surface area contributed by atoms with E-state index in [2.05, 4.69) is 29.4 Å². The van der Waals surface area contributed by atoms with Crippen molar-refractivity contribution in [2.75, 3.05) is 0 Å². The third-order valence-electron chi connectivity index (χ3n) is 3.22. The first-order valence-corrected chi connectivity index (χ1v) is 7.10. The predicted octanol–water partition coefficient (Wildman–Crippen LogP) is 2.65. The van der Waals surface area contributed by atoms with Crippen molar-refractivity contribution < 1.29 is 0 Å². The Kier molecular flexibility index (Phi) is 5.11. The van der Waals surface area contributed by atoms with Crippen LogP contribution in [0.15, 0.2) is 30.6 Å². The van der Waals surface area contributed by atoms with E-state index in [9.17, 15) is 0 Å². The quantitative estimate of drug-likeness (QED) is 0.634. The maximum atomic E-state index is 6.25. The molecule has 2 heterocycles. The summed E-state index contributed by atoms with van der Waals surface area (Å²) in [6.07, 6.45) is 5.11. The van der Waals surface area contributed by atoms with Gasteiger partial charge in [0.05, 0.1) is 23.0 Å². The van der Waals surface area contributed by atoms with Crippen LogP contribution < -0.4 is 11.3 Å². The topological polar surface area (TPSA) is 68.8 Å². The molecule has 0 aliphatic heterocycles. The first-order valence-electron chi connectivity index (χ1n) is 6.72. The van der Waals surface area contributed by atoms with Gasteiger partial charge in [0.2, 0.25) is 0 Å². The molecule has 6 heteroatoms. The van der Waals surface area contributed by atoms with Crippen molar-refractivity contribution in [3.8, 4) is 0 Å². The van der Waals surface area contributed by atoms with E-state index in [1.165, 1.54) is 0 Å². The Labute approximate surface area is 124 Å². The summed E-state index contributed by atoms with van der Waals surface area (Å²) in [7, 11) is 0. The normalized spacial score (nSPS) is 12.8. The Hall–Kier alpha value is -1.43. The summed E-state index contributed by atoms with van der Waals surface area (Å²) in [5.41, 5.74) is 4.81. The minimum atomic E-state index is -0.0468. The Morgan fingerprint density at radius 1 is 1.40 bits per heavy atom. The van der Waals surface area contributed by atoms with Crippen LogP contribution in [-0.4, -0.2) is 14.8 Å². The first-order chi connectivity index (χ1) is 9.63. The molecule has 1 atom stereocenters. The molecule has 0 radical (unpaired) electrons. The molecule has 2 aromatic rings. The van der Waals surface area contributed by atoms with E-state index >= 15 is 0 Å². The van der Waals surface area contributed by atoms with Gasteiger partial charge in [-0.1, -0.05) is 17.7 Å². The maximum Gasteiger partial charge on any atom is 0.0834 e. The van der Waals surface area contributed by atoms with E-state index in [0.29, 0.717) is 5.02 Å². The van der Waals surface area contributed by atoms with Gasteiger partial charge in [-0.05, 0) is 38.8 Å². The number of hydrogen-bond acceptors (Lipinski definition) is 4. The van der Waals surface area contributed by atoms with E-state index < -0.39 is 0 Å². The number of pyridine rings is 1. The summed E-state index contributed by atoms with van der Waals surface area (Å²) in [5, 5.41) is 4.95. The molecule has 0 aliphatic carbocycles. The van der Waals surface area contributed by atoms with E-state index in [1.54, 1.807) is 12.4 Å². The van der Waals surface area contributed by atoms with Gasteiger partial charge in [-0.15, -0.1) is 0 Å². The highest BCUT2D eigenvalue weighted by Gasteiger charge is 2.20. The molecule has 0 aromatic carbocycles. The molecule has 2 rings (SSSR count). The highest BCUT2D eigenvalue weighted by molar-refractivity contribution is 6.31. The second kappa shape index (κ2) is 6.83. The molecule has 0 spiro atoms. The average Bonchev–Trinajstić information content (AvgIpc) is 2.83. The van der Waals surface area contributed by atoms with E-state index in [0.717, 1.165) is 24.2 Å². The van der Waals surface area contributed by atoms with Crippen LogP contribution in [0.25, 0.3) is 0 Å². The largest absolute Gasteiger partial charge is 0.271 e.